The highest BCUT2D eigenvalue weighted by Gasteiger charge is 2.20. The summed E-state index contributed by atoms with van der Waals surface area (Å²) in [6.45, 7) is 1.00. The van der Waals surface area contributed by atoms with Gasteiger partial charge in [0.1, 0.15) is 10.6 Å². The maximum absolute atomic E-state index is 10.9. The van der Waals surface area contributed by atoms with Crippen LogP contribution in [0.5, 0.6) is 0 Å². The third-order valence-electron chi connectivity index (χ3n) is 4.77. The second-order valence-electron chi connectivity index (χ2n) is 6.78. The first-order valence-corrected chi connectivity index (χ1v) is 10.3. The number of fused-ring (bicyclic) bond motifs is 3. The highest BCUT2D eigenvalue weighted by molar-refractivity contribution is 7.19. The van der Waals surface area contributed by atoms with Gasteiger partial charge in [-0.05, 0) is 42.9 Å². The molecule has 1 aliphatic carbocycles. The molecule has 28 heavy (non-hydrogen) atoms. The van der Waals surface area contributed by atoms with E-state index < -0.39 is 6.03 Å². The van der Waals surface area contributed by atoms with E-state index in [1.807, 2.05) is 42.5 Å². The standard InChI is InChI=1S/C21H23N5OS/c22-21(27)24-13-12-23-19-18-15-8-4-5-9-16(15)28-20(18)26-17(25-19)11-10-14-6-2-1-3-7-14/h1-3,6-7,10-11H,4-5,8-9,12-13H2,(H3,22,24,27)(H,23,25,26)/b11-10+. The predicted molar refractivity (Wildman–Crippen MR) is 116 cm³/mol. The van der Waals surface area contributed by atoms with Gasteiger partial charge in [-0.3, -0.25) is 0 Å². The molecule has 3 aromatic rings. The Morgan fingerprint density at radius 1 is 1.11 bits per heavy atom. The molecule has 0 spiro atoms. The number of aryl methyl sites for hydroxylation is 2. The van der Waals surface area contributed by atoms with Crippen molar-refractivity contribution in [1.82, 2.24) is 15.3 Å². The lowest BCUT2D eigenvalue weighted by Gasteiger charge is -2.13. The monoisotopic (exact) mass is 393 g/mol. The van der Waals surface area contributed by atoms with Gasteiger partial charge in [-0.25, -0.2) is 14.8 Å². The zero-order valence-corrected chi connectivity index (χ0v) is 16.4. The first kappa shape index (κ1) is 18.4. The summed E-state index contributed by atoms with van der Waals surface area (Å²) in [5, 5.41) is 7.11. The molecule has 0 unspecified atom stereocenters. The van der Waals surface area contributed by atoms with Crippen molar-refractivity contribution >= 4 is 45.6 Å². The van der Waals surface area contributed by atoms with Crippen LogP contribution in [0.1, 0.15) is 34.7 Å². The van der Waals surface area contributed by atoms with E-state index >= 15 is 0 Å². The van der Waals surface area contributed by atoms with Gasteiger partial charge in [0.15, 0.2) is 5.82 Å². The van der Waals surface area contributed by atoms with E-state index in [2.05, 4.69) is 10.6 Å². The molecular weight excluding hydrogens is 370 g/mol. The van der Waals surface area contributed by atoms with Crippen molar-refractivity contribution in [3.63, 3.8) is 0 Å². The number of nitrogens with zero attached hydrogens (tertiary/aromatic N) is 2. The number of aromatic nitrogens is 2. The molecule has 1 aliphatic rings. The number of amides is 2. The molecule has 6 nitrogen and oxygen atoms in total. The molecule has 0 bridgehead atoms. The number of hydrogen-bond donors (Lipinski definition) is 3. The van der Waals surface area contributed by atoms with Gasteiger partial charge >= 0.3 is 6.03 Å². The molecule has 2 aromatic heterocycles. The van der Waals surface area contributed by atoms with Gasteiger partial charge in [-0.2, -0.15) is 0 Å². The van der Waals surface area contributed by atoms with Crippen LogP contribution in [-0.2, 0) is 12.8 Å². The first-order chi connectivity index (χ1) is 13.7. The molecule has 2 heterocycles. The second-order valence-corrected chi connectivity index (χ2v) is 7.87. The number of primary amides is 1. The van der Waals surface area contributed by atoms with Crippen LogP contribution < -0.4 is 16.4 Å². The number of hydrogen-bond acceptors (Lipinski definition) is 5. The third-order valence-corrected chi connectivity index (χ3v) is 5.96. The molecule has 144 valence electrons. The minimum atomic E-state index is -0.519. The Balaban J connectivity index is 1.67. The van der Waals surface area contributed by atoms with Crippen LogP contribution in [0.25, 0.3) is 22.4 Å². The lowest BCUT2D eigenvalue weighted by molar-refractivity contribution is 0.249. The molecule has 0 atom stereocenters. The van der Waals surface area contributed by atoms with Gasteiger partial charge in [0, 0.05) is 18.0 Å². The summed E-state index contributed by atoms with van der Waals surface area (Å²) in [4.78, 5) is 22.9. The molecule has 0 fully saturated rings. The van der Waals surface area contributed by atoms with Crippen molar-refractivity contribution in [2.75, 3.05) is 18.4 Å². The number of benzene rings is 1. The molecular formula is C21H23N5OS. The van der Waals surface area contributed by atoms with Crippen LogP contribution in [0.3, 0.4) is 0 Å². The zero-order valence-electron chi connectivity index (χ0n) is 15.6. The van der Waals surface area contributed by atoms with Crippen molar-refractivity contribution in [3.05, 3.63) is 52.2 Å². The first-order valence-electron chi connectivity index (χ1n) is 9.53. The number of carbonyl (C=O) groups excluding carboxylic acids is 1. The summed E-state index contributed by atoms with van der Waals surface area (Å²) in [5.41, 5.74) is 7.64. The Labute approximate surface area is 167 Å². The molecule has 7 heteroatoms. The van der Waals surface area contributed by atoms with E-state index in [-0.39, 0.29) is 0 Å². The smallest absolute Gasteiger partial charge is 0.312 e. The summed E-state index contributed by atoms with van der Waals surface area (Å²) in [6.07, 6.45) is 8.60. The summed E-state index contributed by atoms with van der Waals surface area (Å²) < 4.78 is 0. The molecule has 4 N–H and O–H groups in total. The molecule has 0 saturated carbocycles. The average molecular weight is 394 g/mol. The number of nitrogens with two attached hydrogens (primary N) is 1. The Bertz CT molecular complexity index is 1010. The lowest BCUT2D eigenvalue weighted by atomic mass is 9.97. The van der Waals surface area contributed by atoms with Gasteiger partial charge in [0.2, 0.25) is 0 Å². The van der Waals surface area contributed by atoms with Crippen molar-refractivity contribution in [3.8, 4) is 0 Å². The Kier molecular flexibility index (Phi) is 5.53. The average Bonchev–Trinajstić information content (AvgIpc) is 3.09. The Hall–Kier alpha value is -2.93. The van der Waals surface area contributed by atoms with Crippen LogP contribution in [0, 0.1) is 0 Å². The maximum Gasteiger partial charge on any atom is 0.312 e. The van der Waals surface area contributed by atoms with Gasteiger partial charge in [-0.15, -0.1) is 11.3 Å². The van der Waals surface area contributed by atoms with E-state index in [0.29, 0.717) is 18.9 Å². The number of rotatable bonds is 6. The predicted octanol–water partition coefficient (Wildman–Crippen LogP) is 3.82. The summed E-state index contributed by atoms with van der Waals surface area (Å²) in [5.74, 6) is 1.52. The number of urea groups is 1. The largest absolute Gasteiger partial charge is 0.368 e. The van der Waals surface area contributed by atoms with E-state index in [1.54, 1.807) is 11.3 Å². The van der Waals surface area contributed by atoms with E-state index in [4.69, 9.17) is 15.7 Å². The van der Waals surface area contributed by atoms with Gasteiger partial charge in [0.25, 0.3) is 0 Å². The van der Waals surface area contributed by atoms with Gasteiger partial charge in [0.05, 0.1) is 5.39 Å². The Morgan fingerprint density at radius 3 is 2.75 bits per heavy atom. The van der Waals surface area contributed by atoms with Crippen LogP contribution in [0.15, 0.2) is 30.3 Å². The summed E-state index contributed by atoms with van der Waals surface area (Å²) in [6, 6.07) is 9.60. The van der Waals surface area contributed by atoms with Gasteiger partial charge in [-0.1, -0.05) is 36.4 Å². The quantitative estimate of drug-likeness (QED) is 0.555. The molecule has 4 rings (SSSR count). The van der Waals surface area contributed by atoms with Crippen LogP contribution >= 0.6 is 11.3 Å². The fourth-order valence-corrected chi connectivity index (χ4v) is 4.75. The minimum Gasteiger partial charge on any atom is -0.368 e. The van der Waals surface area contributed by atoms with E-state index in [0.717, 1.165) is 34.4 Å². The highest BCUT2D eigenvalue weighted by Crippen LogP contribution is 2.38. The molecule has 1 aromatic carbocycles. The third kappa shape index (κ3) is 4.14. The van der Waals surface area contributed by atoms with Crippen molar-refractivity contribution < 1.29 is 4.79 Å². The number of thiophene rings is 1. The highest BCUT2D eigenvalue weighted by atomic mass is 32.1. The van der Waals surface area contributed by atoms with Gasteiger partial charge < -0.3 is 16.4 Å². The second kappa shape index (κ2) is 8.39. The van der Waals surface area contributed by atoms with Crippen molar-refractivity contribution in [2.24, 2.45) is 5.73 Å². The van der Waals surface area contributed by atoms with Crippen LogP contribution in [0.4, 0.5) is 10.6 Å². The number of anilines is 1. The van der Waals surface area contributed by atoms with Crippen LogP contribution in [-0.4, -0.2) is 29.1 Å². The van der Waals surface area contributed by atoms with E-state index in [9.17, 15) is 4.79 Å². The molecule has 0 radical (unpaired) electrons. The number of carbonyl (C=O) groups is 1. The zero-order chi connectivity index (χ0) is 19.3. The van der Waals surface area contributed by atoms with Crippen molar-refractivity contribution in [2.45, 2.75) is 25.7 Å². The molecule has 0 saturated heterocycles. The lowest BCUT2D eigenvalue weighted by Crippen LogP contribution is -2.33. The Morgan fingerprint density at radius 2 is 1.93 bits per heavy atom. The maximum atomic E-state index is 10.9. The number of nitrogens with one attached hydrogen (secondary N) is 2. The van der Waals surface area contributed by atoms with E-state index in [1.165, 1.54) is 23.3 Å². The fourth-order valence-electron chi connectivity index (χ4n) is 3.48. The normalized spacial score (nSPS) is 13.6. The minimum absolute atomic E-state index is 0.447. The topological polar surface area (TPSA) is 92.9 Å². The van der Waals surface area contributed by atoms with Crippen LogP contribution in [0.2, 0.25) is 0 Å². The summed E-state index contributed by atoms with van der Waals surface area (Å²) >= 11 is 1.78. The fraction of sp³-hybridized carbons (Fsp3) is 0.286. The SMILES string of the molecule is NC(=O)NCCNc1nc(/C=C/c2ccccc2)nc2sc3c(c12)CCCC3. The summed E-state index contributed by atoms with van der Waals surface area (Å²) in [7, 11) is 0. The molecule has 0 aliphatic heterocycles. The molecule has 2 amide bonds. The van der Waals surface area contributed by atoms with Crippen molar-refractivity contribution in [1.29, 1.82) is 0 Å².